The molecule has 6 heteroatoms. The number of benzene rings is 2. The van der Waals surface area contributed by atoms with E-state index in [1.54, 1.807) is 7.11 Å². The number of fused-ring (bicyclic) bond motifs is 2. The van der Waals surface area contributed by atoms with Gasteiger partial charge in [-0.1, -0.05) is 18.2 Å². The average molecular weight is 379 g/mol. The molecule has 0 saturated heterocycles. The molecule has 146 valence electrons. The molecule has 2 N–H and O–H groups in total. The molecule has 0 aliphatic carbocycles. The van der Waals surface area contributed by atoms with Crippen molar-refractivity contribution in [1.29, 1.82) is 0 Å². The van der Waals surface area contributed by atoms with Crippen molar-refractivity contribution >= 4 is 23.0 Å². The zero-order valence-corrected chi connectivity index (χ0v) is 16.2. The van der Waals surface area contributed by atoms with Crippen LogP contribution in [0.2, 0.25) is 0 Å². The third-order valence-corrected chi connectivity index (χ3v) is 5.33. The van der Waals surface area contributed by atoms with E-state index in [2.05, 4.69) is 22.4 Å². The lowest BCUT2D eigenvalue weighted by atomic mass is 9.92. The zero-order chi connectivity index (χ0) is 19.5. The molecule has 1 aliphatic rings. The molecular weight excluding hydrogens is 354 g/mol. The van der Waals surface area contributed by atoms with Gasteiger partial charge < -0.3 is 24.7 Å². The van der Waals surface area contributed by atoms with Crippen LogP contribution in [0.5, 0.6) is 11.5 Å². The highest BCUT2D eigenvalue weighted by molar-refractivity contribution is 5.92. The van der Waals surface area contributed by atoms with Gasteiger partial charge in [0, 0.05) is 30.2 Å². The number of anilines is 1. The summed E-state index contributed by atoms with van der Waals surface area (Å²) in [6.45, 7) is 3.82. The van der Waals surface area contributed by atoms with E-state index in [0.717, 1.165) is 40.7 Å². The Balaban J connectivity index is 1.65. The molecule has 6 nitrogen and oxygen atoms in total. The maximum absolute atomic E-state index is 11.7. The Hall–Kier alpha value is -3.15. The van der Waals surface area contributed by atoms with Crippen LogP contribution in [0.4, 0.5) is 5.69 Å². The highest BCUT2D eigenvalue weighted by Crippen LogP contribution is 2.38. The lowest BCUT2D eigenvalue weighted by Gasteiger charge is -2.35. The number of aromatic nitrogens is 1. The maximum Gasteiger partial charge on any atom is 0.210 e. The number of amides is 1. The molecule has 4 rings (SSSR count). The highest BCUT2D eigenvalue weighted by atomic mass is 16.5. The normalized spacial score (nSPS) is 15.9. The molecule has 0 saturated carbocycles. The summed E-state index contributed by atoms with van der Waals surface area (Å²) in [5.74, 6) is 1.46. The number of carbonyl (C=O) groups excluding carboxylic acids is 1. The first kappa shape index (κ1) is 18.2. The first-order chi connectivity index (χ1) is 13.7. The van der Waals surface area contributed by atoms with Gasteiger partial charge in [0.2, 0.25) is 6.41 Å². The summed E-state index contributed by atoms with van der Waals surface area (Å²) in [4.78, 5) is 16.9. The van der Waals surface area contributed by atoms with Crippen molar-refractivity contribution in [3.63, 3.8) is 0 Å². The smallest absolute Gasteiger partial charge is 0.210 e. The van der Waals surface area contributed by atoms with E-state index in [1.807, 2.05) is 42.3 Å². The predicted molar refractivity (Wildman–Crippen MR) is 110 cm³/mol. The van der Waals surface area contributed by atoms with E-state index >= 15 is 0 Å². The van der Waals surface area contributed by atoms with E-state index < -0.39 is 0 Å². The van der Waals surface area contributed by atoms with Gasteiger partial charge in [-0.3, -0.25) is 4.79 Å². The van der Waals surface area contributed by atoms with Crippen molar-refractivity contribution in [2.24, 2.45) is 0 Å². The van der Waals surface area contributed by atoms with Crippen LogP contribution in [-0.4, -0.2) is 43.1 Å². The Bertz CT molecular complexity index is 982. The Labute approximate surface area is 164 Å². The summed E-state index contributed by atoms with van der Waals surface area (Å²) in [7, 11) is 1.65. The van der Waals surface area contributed by atoms with Crippen molar-refractivity contribution in [3.8, 4) is 11.5 Å². The fraction of sp³-hybridized carbons (Fsp3) is 0.318. The number of methoxy groups -OCH3 is 1. The minimum Gasteiger partial charge on any atom is -0.493 e. The molecule has 2 heterocycles. The van der Waals surface area contributed by atoms with E-state index in [1.165, 1.54) is 5.56 Å². The average Bonchev–Trinajstić information content (AvgIpc) is 3.15. The Morgan fingerprint density at radius 2 is 2.14 bits per heavy atom. The van der Waals surface area contributed by atoms with E-state index in [9.17, 15) is 4.79 Å². The first-order valence-corrected chi connectivity index (χ1v) is 9.59. The molecule has 2 aromatic carbocycles. The van der Waals surface area contributed by atoms with Crippen molar-refractivity contribution in [2.45, 2.75) is 19.4 Å². The number of hydrogen-bond acceptors (Lipinski definition) is 4. The Kier molecular flexibility index (Phi) is 5.10. The van der Waals surface area contributed by atoms with Crippen LogP contribution in [0.3, 0.4) is 0 Å². The second kappa shape index (κ2) is 7.84. The van der Waals surface area contributed by atoms with Crippen molar-refractivity contribution in [2.75, 3.05) is 32.1 Å². The molecule has 1 amide bonds. The second-order valence-electron chi connectivity index (χ2n) is 6.87. The number of rotatable bonds is 7. The monoisotopic (exact) mass is 379 g/mol. The third kappa shape index (κ3) is 3.26. The Morgan fingerprint density at radius 1 is 1.29 bits per heavy atom. The first-order valence-electron chi connectivity index (χ1n) is 9.59. The molecule has 0 fully saturated rings. The van der Waals surface area contributed by atoms with Gasteiger partial charge in [0.25, 0.3) is 0 Å². The SMILES string of the molecule is CCOc1cc2c(cc1OC)CCN(C=O)[C@H]2CNc1c[nH]c2ccccc12. The molecule has 1 aliphatic heterocycles. The molecule has 1 aromatic heterocycles. The van der Waals surface area contributed by atoms with E-state index in [-0.39, 0.29) is 6.04 Å². The summed E-state index contributed by atoms with van der Waals surface area (Å²) >= 11 is 0. The minimum atomic E-state index is -0.0694. The summed E-state index contributed by atoms with van der Waals surface area (Å²) < 4.78 is 11.3. The summed E-state index contributed by atoms with van der Waals surface area (Å²) in [5.41, 5.74) is 4.43. The topological polar surface area (TPSA) is 66.6 Å². The van der Waals surface area contributed by atoms with E-state index in [0.29, 0.717) is 25.4 Å². The van der Waals surface area contributed by atoms with Crippen LogP contribution in [0.15, 0.2) is 42.6 Å². The number of nitrogens with one attached hydrogen (secondary N) is 2. The second-order valence-corrected chi connectivity index (χ2v) is 6.87. The van der Waals surface area contributed by atoms with Gasteiger partial charge in [0.15, 0.2) is 11.5 Å². The summed E-state index contributed by atoms with van der Waals surface area (Å²) in [5, 5.41) is 4.66. The minimum absolute atomic E-state index is 0.0694. The third-order valence-electron chi connectivity index (χ3n) is 5.33. The molecule has 0 spiro atoms. The van der Waals surface area contributed by atoms with Gasteiger partial charge >= 0.3 is 0 Å². The standard InChI is InChI=1S/C22H25N3O3/c1-3-28-22-11-17-15(10-21(22)27-2)8-9-25(14-26)20(17)13-24-19-12-23-18-7-5-4-6-16(18)19/h4-7,10-12,14,20,23-24H,3,8-9,13H2,1-2H3/t20-/m0/s1. The number of H-pyrrole nitrogens is 1. The largest absolute Gasteiger partial charge is 0.493 e. The molecule has 0 radical (unpaired) electrons. The van der Waals surface area contributed by atoms with E-state index in [4.69, 9.17) is 9.47 Å². The fourth-order valence-electron chi connectivity index (χ4n) is 3.93. The summed E-state index contributed by atoms with van der Waals surface area (Å²) in [6.07, 6.45) is 3.72. The molecule has 1 atom stereocenters. The molecule has 0 unspecified atom stereocenters. The van der Waals surface area contributed by atoms with Crippen LogP contribution in [0, 0.1) is 0 Å². The number of para-hydroxylation sites is 1. The lowest BCUT2D eigenvalue weighted by Crippen LogP contribution is -2.38. The molecule has 3 aromatic rings. The van der Waals surface area contributed by atoms with Crippen LogP contribution < -0.4 is 14.8 Å². The number of aromatic amines is 1. The van der Waals surface area contributed by atoms with Crippen molar-refractivity contribution < 1.29 is 14.3 Å². The quantitative estimate of drug-likeness (QED) is 0.614. The van der Waals surface area contributed by atoms with Crippen LogP contribution >= 0.6 is 0 Å². The van der Waals surface area contributed by atoms with Gasteiger partial charge in [0.05, 0.1) is 25.4 Å². The molecule has 0 bridgehead atoms. The molecular formula is C22H25N3O3. The van der Waals surface area contributed by atoms with Gasteiger partial charge in [-0.05, 0) is 42.7 Å². The number of carbonyl (C=O) groups is 1. The predicted octanol–water partition coefficient (Wildman–Crippen LogP) is 3.74. The highest BCUT2D eigenvalue weighted by Gasteiger charge is 2.28. The van der Waals surface area contributed by atoms with Gasteiger partial charge in [-0.15, -0.1) is 0 Å². The fourth-order valence-corrected chi connectivity index (χ4v) is 3.93. The van der Waals surface area contributed by atoms with Crippen LogP contribution in [0.1, 0.15) is 24.1 Å². The van der Waals surface area contributed by atoms with Gasteiger partial charge in [-0.2, -0.15) is 0 Å². The van der Waals surface area contributed by atoms with Crippen LogP contribution in [-0.2, 0) is 11.2 Å². The van der Waals surface area contributed by atoms with Crippen LogP contribution in [0.25, 0.3) is 10.9 Å². The number of hydrogen-bond donors (Lipinski definition) is 2. The lowest BCUT2D eigenvalue weighted by molar-refractivity contribution is -0.120. The van der Waals surface area contributed by atoms with Gasteiger partial charge in [-0.25, -0.2) is 0 Å². The summed E-state index contributed by atoms with van der Waals surface area (Å²) in [6, 6.07) is 12.2. The molecule has 28 heavy (non-hydrogen) atoms. The zero-order valence-electron chi connectivity index (χ0n) is 16.2. The number of nitrogens with zero attached hydrogens (tertiary/aromatic N) is 1. The van der Waals surface area contributed by atoms with Crippen molar-refractivity contribution in [1.82, 2.24) is 9.88 Å². The van der Waals surface area contributed by atoms with Gasteiger partial charge in [0.1, 0.15) is 0 Å². The maximum atomic E-state index is 11.7. The van der Waals surface area contributed by atoms with Crippen molar-refractivity contribution in [3.05, 3.63) is 53.7 Å². The number of ether oxygens (including phenoxy) is 2. The Morgan fingerprint density at radius 3 is 2.93 bits per heavy atom.